The van der Waals surface area contributed by atoms with Crippen LogP contribution in [0.5, 0.6) is 5.75 Å². The predicted octanol–water partition coefficient (Wildman–Crippen LogP) is 2.59. The lowest BCUT2D eigenvalue weighted by Gasteiger charge is -2.16. The number of H-pyrrole nitrogens is 1. The lowest BCUT2D eigenvalue weighted by Crippen LogP contribution is -2.31. The van der Waals surface area contributed by atoms with E-state index in [2.05, 4.69) is 20.0 Å². The Morgan fingerprint density at radius 1 is 1.21 bits per heavy atom. The van der Waals surface area contributed by atoms with Crippen molar-refractivity contribution in [3.8, 4) is 5.75 Å². The molecule has 7 nitrogen and oxygen atoms in total. The molecule has 0 atom stereocenters. The molecule has 1 heterocycles. The molecule has 0 unspecified atom stereocenters. The van der Waals surface area contributed by atoms with Crippen molar-refractivity contribution in [3.05, 3.63) is 64.7 Å². The van der Waals surface area contributed by atoms with Crippen LogP contribution in [-0.4, -0.2) is 41.0 Å². The summed E-state index contributed by atoms with van der Waals surface area (Å²) in [5.41, 5.74) is 0.812. The van der Waals surface area contributed by atoms with Gasteiger partial charge in [-0.15, -0.1) is 0 Å². The molecule has 0 spiro atoms. The highest BCUT2D eigenvalue weighted by Gasteiger charge is 2.11. The minimum Gasteiger partial charge on any atom is -0.435 e. The molecule has 0 fully saturated rings. The number of rotatable bonds is 7. The first-order valence-electron chi connectivity index (χ1n) is 8.42. The second-order valence-electron chi connectivity index (χ2n) is 6.15. The van der Waals surface area contributed by atoms with Gasteiger partial charge in [0.25, 0.3) is 5.56 Å². The third-order valence-corrected chi connectivity index (χ3v) is 3.86. The summed E-state index contributed by atoms with van der Waals surface area (Å²) in [6.45, 7) is -2.58. The van der Waals surface area contributed by atoms with Gasteiger partial charge >= 0.3 is 6.61 Å². The van der Waals surface area contributed by atoms with Gasteiger partial charge in [0.2, 0.25) is 5.91 Å². The fourth-order valence-electron chi connectivity index (χ4n) is 2.69. The van der Waals surface area contributed by atoms with E-state index in [4.69, 9.17) is 0 Å². The number of halogens is 2. The standard InChI is InChI=1S/C19H18F2N4O3/c1-25(10-16-23-15-5-3-2-4-14(15)18(27)24-16)11-17(26)22-12-6-8-13(9-7-12)28-19(20)21/h2-9,19H,10-11H2,1H3,(H,22,26)(H,23,24,27). The Morgan fingerprint density at radius 2 is 1.93 bits per heavy atom. The van der Waals surface area contributed by atoms with Crippen LogP contribution >= 0.6 is 0 Å². The number of benzene rings is 2. The summed E-state index contributed by atoms with van der Waals surface area (Å²) in [6.07, 6.45) is 0. The minimum atomic E-state index is -2.90. The number of alkyl halides is 2. The number of fused-ring (bicyclic) bond motifs is 1. The topological polar surface area (TPSA) is 87.3 Å². The van der Waals surface area contributed by atoms with Crippen molar-refractivity contribution >= 4 is 22.5 Å². The maximum Gasteiger partial charge on any atom is 0.387 e. The maximum atomic E-state index is 12.2. The number of likely N-dealkylation sites (N-methyl/N-ethyl adjacent to an activating group) is 1. The second kappa shape index (κ2) is 8.57. The first kappa shape index (κ1) is 19.4. The number of hydrogen-bond acceptors (Lipinski definition) is 5. The zero-order valence-corrected chi connectivity index (χ0v) is 15.0. The van der Waals surface area contributed by atoms with Gasteiger partial charge in [-0.05, 0) is 43.4 Å². The van der Waals surface area contributed by atoms with Gasteiger partial charge in [-0.3, -0.25) is 14.5 Å². The Bertz CT molecular complexity index is 1020. The quantitative estimate of drug-likeness (QED) is 0.650. The second-order valence-corrected chi connectivity index (χ2v) is 6.15. The van der Waals surface area contributed by atoms with Crippen LogP contribution in [-0.2, 0) is 11.3 Å². The van der Waals surface area contributed by atoms with E-state index in [0.717, 1.165) is 0 Å². The molecule has 2 N–H and O–H groups in total. The van der Waals surface area contributed by atoms with Gasteiger partial charge in [0.15, 0.2) is 0 Å². The fraction of sp³-hybridized carbons (Fsp3) is 0.211. The Labute approximate surface area is 159 Å². The van der Waals surface area contributed by atoms with Crippen LogP contribution < -0.4 is 15.6 Å². The van der Waals surface area contributed by atoms with Crippen molar-refractivity contribution < 1.29 is 18.3 Å². The van der Waals surface area contributed by atoms with E-state index in [1.165, 1.54) is 24.3 Å². The molecule has 0 aliphatic carbocycles. The lowest BCUT2D eigenvalue weighted by atomic mass is 10.2. The average Bonchev–Trinajstić information content (AvgIpc) is 2.62. The molecule has 28 heavy (non-hydrogen) atoms. The van der Waals surface area contributed by atoms with Crippen LogP contribution in [0.15, 0.2) is 53.3 Å². The first-order valence-corrected chi connectivity index (χ1v) is 8.42. The van der Waals surface area contributed by atoms with Gasteiger partial charge < -0.3 is 15.0 Å². The molecule has 3 rings (SSSR count). The molecule has 0 saturated carbocycles. The van der Waals surface area contributed by atoms with E-state index >= 15 is 0 Å². The molecular formula is C19H18F2N4O3. The number of amides is 1. The Hall–Kier alpha value is -3.33. The molecule has 3 aromatic rings. The lowest BCUT2D eigenvalue weighted by molar-refractivity contribution is -0.117. The fourth-order valence-corrected chi connectivity index (χ4v) is 2.69. The van der Waals surface area contributed by atoms with E-state index in [1.807, 2.05) is 0 Å². The minimum absolute atomic E-state index is 0.0106. The van der Waals surface area contributed by atoms with Crippen LogP contribution in [0.3, 0.4) is 0 Å². The number of para-hydroxylation sites is 1. The van der Waals surface area contributed by atoms with Gasteiger partial charge in [-0.1, -0.05) is 12.1 Å². The van der Waals surface area contributed by atoms with Crippen molar-refractivity contribution in [2.24, 2.45) is 0 Å². The number of nitrogens with zero attached hydrogens (tertiary/aromatic N) is 2. The van der Waals surface area contributed by atoms with E-state index in [1.54, 1.807) is 36.2 Å². The van der Waals surface area contributed by atoms with Crippen LogP contribution in [0.25, 0.3) is 10.9 Å². The summed E-state index contributed by atoms with van der Waals surface area (Å²) in [5, 5.41) is 3.17. The molecule has 9 heteroatoms. The van der Waals surface area contributed by atoms with Gasteiger partial charge in [0.1, 0.15) is 11.6 Å². The Kier molecular flexibility index (Phi) is 5.95. The molecule has 146 valence electrons. The van der Waals surface area contributed by atoms with Gasteiger partial charge in [0, 0.05) is 5.69 Å². The molecule has 0 aliphatic heterocycles. The van der Waals surface area contributed by atoms with Crippen molar-refractivity contribution in [2.75, 3.05) is 18.9 Å². The number of carbonyl (C=O) groups excluding carboxylic acids is 1. The number of aromatic nitrogens is 2. The molecule has 0 saturated heterocycles. The number of aromatic amines is 1. The van der Waals surface area contributed by atoms with Crippen molar-refractivity contribution in [1.29, 1.82) is 0 Å². The summed E-state index contributed by atoms with van der Waals surface area (Å²) in [6, 6.07) is 12.6. The van der Waals surface area contributed by atoms with Crippen molar-refractivity contribution in [2.45, 2.75) is 13.2 Å². The molecular weight excluding hydrogens is 370 g/mol. The SMILES string of the molecule is CN(CC(=O)Nc1ccc(OC(F)F)cc1)Cc1nc2ccccc2c(=O)[nH]1. The smallest absolute Gasteiger partial charge is 0.387 e. The van der Waals surface area contributed by atoms with Crippen molar-refractivity contribution in [1.82, 2.24) is 14.9 Å². The normalized spacial score (nSPS) is 11.2. The molecule has 1 aromatic heterocycles. The third-order valence-electron chi connectivity index (χ3n) is 3.86. The highest BCUT2D eigenvalue weighted by molar-refractivity contribution is 5.92. The predicted molar refractivity (Wildman–Crippen MR) is 100 cm³/mol. The van der Waals surface area contributed by atoms with Gasteiger partial charge in [0.05, 0.1) is 24.0 Å². The zero-order chi connectivity index (χ0) is 20.1. The summed E-state index contributed by atoms with van der Waals surface area (Å²) in [4.78, 5) is 33.0. The van der Waals surface area contributed by atoms with Gasteiger partial charge in [-0.25, -0.2) is 4.98 Å². The maximum absolute atomic E-state index is 12.2. The molecule has 0 radical (unpaired) electrons. The summed E-state index contributed by atoms with van der Waals surface area (Å²) in [5.74, 6) is 0.164. The van der Waals surface area contributed by atoms with E-state index in [0.29, 0.717) is 22.4 Å². The summed E-state index contributed by atoms with van der Waals surface area (Å²) >= 11 is 0. The summed E-state index contributed by atoms with van der Waals surface area (Å²) in [7, 11) is 1.72. The average molecular weight is 388 g/mol. The van der Waals surface area contributed by atoms with E-state index < -0.39 is 6.61 Å². The number of carbonyl (C=O) groups is 1. The Morgan fingerprint density at radius 3 is 2.64 bits per heavy atom. The highest BCUT2D eigenvalue weighted by Crippen LogP contribution is 2.17. The Balaban J connectivity index is 1.58. The third kappa shape index (κ3) is 5.10. The largest absolute Gasteiger partial charge is 0.435 e. The van der Waals surface area contributed by atoms with Crippen LogP contribution in [0, 0.1) is 0 Å². The van der Waals surface area contributed by atoms with E-state index in [-0.39, 0.29) is 30.3 Å². The molecule has 1 amide bonds. The monoisotopic (exact) mass is 388 g/mol. The number of ether oxygens (including phenoxy) is 1. The van der Waals surface area contributed by atoms with E-state index in [9.17, 15) is 18.4 Å². The molecule has 2 aromatic carbocycles. The number of nitrogens with one attached hydrogen (secondary N) is 2. The van der Waals surface area contributed by atoms with Gasteiger partial charge in [-0.2, -0.15) is 8.78 Å². The van der Waals surface area contributed by atoms with Crippen LogP contribution in [0.1, 0.15) is 5.82 Å². The zero-order valence-electron chi connectivity index (χ0n) is 15.0. The van der Waals surface area contributed by atoms with Crippen molar-refractivity contribution in [3.63, 3.8) is 0 Å². The number of anilines is 1. The van der Waals surface area contributed by atoms with Crippen LogP contribution in [0.4, 0.5) is 14.5 Å². The highest BCUT2D eigenvalue weighted by atomic mass is 19.3. The van der Waals surface area contributed by atoms with Crippen LogP contribution in [0.2, 0.25) is 0 Å². The first-order chi connectivity index (χ1) is 13.4. The molecule has 0 bridgehead atoms. The summed E-state index contributed by atoms with van der Waals surface area (Å²) < 4.78 is 28.5. The number of hydrogen-bond donors (Lipinski definition) is 2. The molecule has 0 aliphatic rings.